The monoisotopic (exact) mass is 378 g/mol. The van der Waals surface area contributed by atoms with Gasteiger partial charge in [0.25, 0.3) is 0 Å². The molecule has 0 saturated carbocycles. The molecule has 148 valence electrons. The Balaban J connectivity index is 1.50. The van der Waals surface area contributed by atoms with E-state index in [9.17, 15) is 4.79 Å². The zero-order chi connectivity index (χ0) is 19.6. The van der Waals surface area contributed by atoms with Gasteiger partial charge in [0.15, 0.2) is 0 Å². The highest BCUT2D eigenvalue weighted by molar-refractivity contribution is 5.80. The van der Waals surface area contributed by atoms with E-state index >= 15 is 0 Å². The average Bonchev–Trinajstić information content (AvgIpc) is 2.89. The van der Waals surface area contributed by atoms with E-state index < -0.39 is 0 Å². The van der Waals surface area contributed by atoms with Crippen LogP contribution in [0.3, 0.4) is 0 Å². The predicted molar refractivity (Wildman–Crippen MR) is 111 cm³/mol. The van der Waals surface area contributed by atoms with Crippen molar-refractivity contribution in [1.82, 2.24) is 9.80 Å². The number of nitrogens with zero attached hydrogens (tertiary/aromatic N) is 2. The number of ether oxygens (including phenoxy) is 1. The molecule has 4 heteroatoms. The molecule has 1 amide bonds. The molecule has 4 rings (SSSR count). The van der Waals surface area contributed by atoms with Crippen LogP contribution in [0.5, 0.6) is 0 Å². The molecule has 28 heavy (non-hydrogen) atoms. The van der Waals surface area contributed by atoms with Gasteiger partial charge in [0.1, 0.15) is 0 Å². The second-order valence-corrected chi connectivity index (χ2v) is 8.47. The summed E-state index contributed by atoms with van der Waals surface area (Å²) in [4.78, 5) is 17.5. The van der Waals surface area contributed by atoms with E-state index in [1.807, 2.05) is 18.2 Å². The lowest BCUT2D eigenvalue weighted by Crippen LogP contribution is -2.41. The molecule has 2 atom stereocenters. The van der Waals surface area contributed by atoms with E-state index in [1.54, 1.807) is 0 Å². The van der Waals surface area contributed by atoms with Crippen LogP contribution in [0.25, 0.3) is 0 Å². The fourth-order valence-corrected chi connectivity index (χ4v) is 4.64. The number of amides is 1. The van der Waals surface area contributed by atoms with Crippen LogP contribution in [0.1, 0.15) is 36.1 Å². The van der Waals surface area contributed by atoms with Crippen molar-refractivity contribution in [2.45, 2.75) is 32.9 Å². The number of hydrogen-bond acceptors (Lipinski definition) is 3. The Morgan fingerprint density at radius 3 is 2.61 bits per heavy atom. The Hall–Kier alpha value is -2.17. The molecule has 2 aromatic carbocycles. The normalized spacial score (nSPS) is 24.5. The summed E-state index contributed by atoms with van der Waals surface area (Å²) in [5.74, 6) is 0.248. The summed E-state index contributed by atoms with van der Waals surface area (Å²) >= 11 is 0. The molecule has 2 aromatic rings. The van der Waals surface area contributed by atoms with Crippen LogP contribution < -0.4 is 0 Å². The smallest absolute Gasteiger partial charge is 0.223 e. The Morgan fingerprint density at radius 2 is 1.82 bits per heavy atom. The van der Waals surface area contributed by atoms with Gasteiger partial charge in [-0.05, 0) is 30.5 Å². The molecule has 2 heterocycles. The zero-order valence-electron chi connectivity index (χ0n) is 16.9. The number of benzene rings is 2. The summed E-state index contributed by atoms with van der Waals surface area (Å²) in [6, 6.07) is 19.0. The van der Waals surface area contributed by atoms with Crippen molar-refractivity contribution in [3.63, 3.8) is 0 Å². The number of likely N-dealkylation sites (tertiary alicyclic amines) is 1. The Labute approximate surface area is 168 Å². The third-order valence-corrected chi connectivity index (χ3v) is 6.28. The molecule has 1 spiro atoms. The number of carbonyl (C=O) groups excluding carboxylic acids is 1. The number of rotatable bonds is 4. The largest absolute Gasteiger partial charge is 0.379 e. The summed E-state index contributed by atoms with van der Waals surface area (Å²) in [5, 5.41) is 0. The highest BCUT2D eigenvalue weighted by Gasteiger charge is 2.46. The maximum atomic E-state index is 12.9. The van der Waals surface area contributed by atoms with Gasteiger partial charge in [0.05, 0.1) is 19.3 Å². The van der Waals surface area contributed by atoms with E-state index in [4.69, 9.17) is 4.74 Å². The van der Waals surface area contributed by atoms with Gasteiger partial charge in [-0.25, -0.2) is 0 Å². The van der Waals surface area contributed by atoms with Crippen molar-refractivity contribution in [3.8, 4) is 0 Å². The molecule has 0 bridgehead atoms. The molecule has 2 saturated heterocycles. The molecule has 0 aromatic heterocycles. The van der Waals surface area contributed by atoms with Crippen LogP contribution in [0, 0.1) is 12.3 Å². The molecule has 2 aliphatic rings. The summed E-state index contributed by atoms with van der Waals surface area (Å²) < 4.78 is 5.99. The lowest BCUT2D eigenvalue weighted by Gasteiger charge is -2.33. The minimum Gasteiger partial charge on any atom is -0.379 e. The minimum absolute atomic E-state index is 0.0983. The Morgan fingerprint density at radius 1 is 1.07 bits per heavy atom. The van der Waals surface area contributed by atoms with E-state index in [2.05, 4.69) is 60.0 Å². The van der Waals surface area contributed by atoms with Crippen molar-refractivity contribution < 1.29 is 9.53 Å². The molecule has 4 nitrogen and oxygen atoms in total. The number of carbonyl (C=O) groups is 1. The SMILES string of the molecule is Cc1ccccc1CN1CCOCC2(CC(=O)N(C(C)c3ccccc3)C2)C1. The van der Waals surface area contributed by atoms with Crippen molar-refractivity contribution in [1.29, 1.82) is 0 Å². The van der Waals surface area contributed by atoms with Crippen LogP contribution in [0.2, 0.25) is 0 Å². The Kier molecular flexibility index (Phi) is 5.51. The molecule has 2 fully saturated rings. The van der Waals surface area contributed by atoms with E-state index in [0.29, 0.717) is 13.0 Å². The fraction of sp³-hybridized carbons (Fsp3) is 0.458. The highest BCUT2D eigenvalue weighted by atomic mass is 16.5. The lowest BCUT2D eigenvalue weighted by atomic mass is 9.87. The van der Waals surface area contributed by atoms with Crippen molar-refractivity contribution in [2.24, 2.45) is 5.41 Å². The first-order chi connectivity index (χ1) is 13.6. The van der Waals surface area contributed by atoms with Gasteiger partial charge in [-0.1, -0.05) is 54.6 Å². The topological polar surface area (TPSA) is 32.8 Å². The fourth-order valence-electron chi connectivity index (χ4n) is 4.64. The van der Waals surface area contributed by atoms with Gasteiger partial charge in [0, 0.05) is 38.0 Å². The molecule has 2 unspecified atom stereocenters. The van der Waals surface area contributed by atoms with Crippen LogP contribution in [-0.2, 0) is 16.1 Å². The Bertz CT molecular complexity index is 822. The quantitative estimate of drug-likeness (QED) is 0.811. The van der Waals surface area contributed by atoms with Gasteiger partial charge in [0.2, 0.25) is 5.91 Å². The van der Waals surface area contributed by atoms with Gasteiger partial charge >= 0.3 is 0 Å². The lowest BCUT2D eigenvalue weighted by molar-refractivity contribution is -0.129. The maximum Gasteiger partial charge on any atom is 0.223 e. The van der Waals surface area contributed by atoms with Gasteiger partial charge < -0.3 is 9.64 Å². The second kappa shape index (κ2) is 8.06. The molecule has 0 N–H and O–H groups in total. The maximum absolute atomic E-state index is 12.9. The second-order valence-electron chi connectivity index (χ2n) is 8.47. The zero-order valence-corrected chi connectivity index (χ0v) is 16.9. The van der Waals surface area contributed by atoms with E-state index in [0.717, 1.165) is 32.8 Å². The summed E-state index contributed by atoms with van der Waals surface area (Å²) in [5.41, 5.74) is 3.76. The molecular weight excluding hydrogens is 348 g/mol. The van der Waals surface area contributed by atoms with E-state index in [1.165, 1.54) is 16.7 Å². The number of hydrogen-bond donors (Lipinski definition) is 0. The standard InChI is InChI=1S/C24H30N2O2/c1-19-8-6-7-11-22(19)15-25-12-13-28-18-24(16-25)14-23(27)26(17-24)20(2)21-9-4-3-5-10-21/h3-11,20H,12-18H2,1-2H3. The number of aryl methyl sites for hydroxylation is 1. The first-order valence-corrected chi connectivity index (χ1v) is 10.3. The van der Waals surface area contributed by atoms with Crippen LogP contribution in [0.4, 0.5) is 0 Å². The van der Waals surface area contributed by atoms with Crippen LogP contribution in [-0.4, -0.2) is 48.6 Å². The highest BCUT2D eigenvalue weighted by Crippen LogP contribution is 2.38. The first-order valence-electron chi connectivity index (χ1n) is 10.3. The molecular formula is C24H30N2O2. The predicted octanol–water partition coefficient (Wildman–Crippen LogP) is 3.81. The van der Waals surface area contributed by atoms with Gasteiger partial charge in [-0.15, -0.1) is 0 Å². The summed E-state index contributed by atoms with van der Waals surface area (Å²) in [6.45, 7) is 9.21. The van der Waals surface area contributed by atoms with Crippen LogP contribution >= 0.6 is 0 Å². The van der Waals surface area contributed by atoms with Crippen molar-refractivity contribution in [3.05, 3.63) is 71.3 Å². The first kappa shape index (κ1) is 19.2. The summed E-state index contributed by atoms with van der Waals surface area (Å²) in [6.07, 6.45) is 0.578. The third kappa shape index (κ3) is 3.98. The molecule has 0 aliphatic carbocycles. The van der Waals surface area contributed by atoms with Gasteiger partial charge in [-0.2, -0.15) is 0 Å². The average molecular weight is 379 g/mol. The van der Waals surface area contributed by atoms with Crippen LogP contribution in [0.15, 0.2) is 54.6 Å². The molecule has 0 radical (unpaired) electrons. The minimum atomic E-state index is -0.112. The van der Waals surface area contributed by atoms with E-state index in [-0.39, 0.29) is 17.4 Å². The third-order valence-electron chi connectivity index (χ3n) is 6.28. The van der Waals surface area contributed by atoms with Crippen molar-refractivity contribution in [2.75, 3.05) is 32.8 Å². The van der Waals surface area contributed by atoms with Gasteiger partial charge in [-0.3, -0.25) is 9.69 Å². The summed E-state index contributed by atoms with van der Waals surface area (Å²) in [7, 11) is 0. The molecule has 2 aliphatic heterocycles. The van der Waals surface area contributed by atoms with Crippen molar-refractivity contribution >= 4 is 5.91 Å².